The Morgan fingerprint density at radius 1 is 0.500 bits per heavy atom. The highest BCUT2D eigenvalue weighted by atomic mass is 15.4. The molecule has 0 saturated carbocycles. The molecule has 40 heavy (non-hydrogen) atoms. The molecule has 0 N–H and O–H groups in total. The third-order valence-corrected chi connectivity index (χ3v) is 6.68. The molecule has 5 rings (SSSR count). The van der Waals surface area contributed by atoms with Gasteiger partial charge in [0, 0.05) is 60.6 Å². The number of benzene rings is 3. The van der Waals surface area contributed by atoms with Crippen molar-refractivity contribution in [3.8, 4) is 0 Å². The highest BCUT2D eigenvalue weighted by molar-refractivity contribution is 5.80. The average Bonchev–Trinajstić information content (AvgIpc) is 3.02. The first-order valence-corrected chi connectivity index (χ1v) is 13.3. The minimum absolute atomic E-state index is 0.800. The van der Waals surface area contributed by atoms with Crippen molar-refractivity contribution in [1.82, 2.24) is 0 Å². The molecule has 2 heterocycles. The van der Waals surface area contributed by atoms with Crippen molar-refractivity contribution in [2.45, 2.75) is 13.1 Å². The average molecular weight is 527 g/mol. The standard InChI is InChI=1S/C34H34N6/c1-37(33-13-5-3-6-14-33)35-25-29-17-21-39(22-18-29)27-31-11-9-10-12-32(31)28-40-23-19-30(20-24-40)26-36-38(2)34-15-7-4-8-16-34/h3-26H,27-28H2,1-2H3/q+2. The van der Waals surface area contributed by atoms with E-state index in [1.807, 2.05) is 97.2 Å². The minimum Gasteiger partial charge on any atom is -0.269 e. The van der Waals surface area contributed by atoms with Gasteiger partial charge in [-0.1, -0.05) is 60.7 Å². The SMILES string of the molecule is CN(/N=C/c1cc[n+](Cc2ccccc2C[n+]2ccc(/C=N/N(C)c3ccccc3)cc2)cc1)c1ccccc1. The van der Waals surface area contributed by atoms with Crippen LogP contribution in [-0.4, -0.2) is 26.5 Å². The van der Waals surface area contributed by atoms with E-state index >= 15 is 0 Å². The van der Waals surface area contributed by atoms with Crippen molar-refractivity contribution in [2.24, 2.45) is 10.2 Å². The number of nitrogens with zero attached hydrogens (tertiary/aromatic N) is 6. The predicted molar refractivity (Wildman–Crippen MR) is 163 cm³/mol. The summed E-state index contributed by atoms with van der Waals surface area (Å²) in [6.45, 7) is 1.60. The van der Waals surface area contributed by atoms with Crippen molar-refractivity contribution in [3.63, 3.8) is 0 Å². The number of aromatic nitrogens is 2. The summed E-state index contributed by atoms with van der Waals surface area (Å²) in [5.74, 6) is 0. The van der Waals surface area contributed by atoms with Gasteiger partial charge in [-0.15, -0.1) is 0 Å². The first-order valence-electron chi connectivity index (χ1n) is 13.3. The molecular formula is C34H34N6+2. The zero-order valence-electron chi connectivity index (χ0n) is 23.0. The van der Waals surface area contributed by atoms with Crippen LogP contribution >= 0.6 is 0 Å². The Hall–Kier alpha value is -5.10. The number of para-hydroxylation sites is 2. The fraction of sp³-hybridized carbons (Fsp3) is 0.118. The van der Waals surface area contributed by atoms with Crippen LogP contribution in [-0.2, 0) is 13.1 Å². The van der Waals surface area contributed by atoms with E-state index in [1.54, 1.807) is 0 Å². The lowest BCUT2D eigenvalue weighted by Gasteiger charge is -2.12. The molecule has 0 radical (unpaired) electrons. The number of hydrogen-bond donors (Lipinski definition) is 0. The molecule has 0 atom stereocenters. The Balaban J connectivity index is 1.20. The molecule has 198 valence electrons. The first-order chi connectivity index (χ1) is 19.6. The van der Waals surface area contributed by atoms with Gasteiger partial charge in [0.1, 0.15) is 0 Å². The van der Waals surface area contributed by atoms with E-state index < -0.39 is 0 Å². The van der Waals surface area contributed by atoms with Gasteiger partial charge in [0.15, 0.2) is 37.9 Å². The Morgan fingerprint density at radius 3 is 1.23 bits per heavy atom. The highest BCUT2D eigenvalue weighted by Crippen LogP contribution is 2.12. The molecule has 0 bridgehead atoms. The van der Waals surface area contributed by atoms with Gasteiger partial charge in [-0.3, -0.25) is 10.0 Å². The number of rotatable bonds is 10. The maximum atomic E-state index is 4.57. The fourth-order valence-electron chi connectivity index (χ4n) is 4.31. The third kappa shape index (κ3) is 7.26. The predicted octanol–water partition coefficient (Wildman–Crippen LogP) is 5.30. The monoisotopic (exact) mass is 526 g/mol. The molecule has 0 saturated heterocycles. The van der Waals surface area contributed by atoms with E-state index in [0.717, 1.165) is 35.6 Å². The lowest BCUT2D eigenvalue weighted by Crippen LogP contribution is -2.37. The van der Waals surface area contributed by atoms with E-state index in [9.17, 15) is 0 Å². The van der Waals surface area contributed by atoms with Gasteiger partial charge in [-0.25, -0.2) is 9.13 Å². The van der Waals surface area contributed by atoms with Crippen LogP contribution in [0.1, 0.15) is 22.3 Å². The normalized spacial score (nSPS) is 11.2. The molecule has 6 heteroatoms. The van der Waals surface area contributed by atoms with Gasteiger partial charge >= 0.3 is 0 Å². The molecule has 6 nitrogen and oxygen atoms in total. The van der Waals surface area contributed by atoms with Crippen LogP contribution in [0, 0.1) is 0 Å². The van der Waals surface area contributed by atoms with Crippen molar-refractivity contribution >= 4 is 23.8 Å². The Kier molecular flexibility index (Phi) is 8.69. The number of hydrazone groups is 2. The van der Waals surface area contributed by atoms with Gasteiger partial charge in [0.2, 0.25) is 0 Å². The van der Waals surface area contributed by atoms with Gasteiger partial charge in [-0.05, 0) is 24.3 Å². The molecule has 0 spiro atoms. The summed E-state index contributed by atoms with van der Waals surface area (Å²) in [4.78, 5) is 0. The quantitative estimate of drug-likeness (QED) is 0.141. The molecule has 0 amide bonds. The molecule has 0 fully saturated rings. The topological polar surface area (TPSA) is 39.0 Å². The van der Waals surface area contributed by atoms with Gasteiger partial charge < -0.3 is 0 Å². The maximum Gasteiger partial charge on any atom is 0.174 e. The molecule has 5 aromatic rings. The van der Waals surface area contributed by atoms with Crippen LogP contribution < -0.4 is 19.2 Å². The lowest BCUT2D eigenvalue weighted by molar-refractivity contribution is -0.693. The van der Waals surface area contributed by atoms with Gasteiger partial charge in [0.05, 0.1) is 23.8 Å². The molecule has 2 aromatic heterocycles. The number of pyridine rings is 2. The van der Waals surface area contributed by atoms with Crippen LogP contribution in [0.3, 0.4) is 0 Å². The molecule has 0 aliphatic carbocycles. The smallest absolute Gasteiger partial charge is 0.174 e. The van der Waals surface area contributed by atoms with Crippen LogP contribution in [0.5, 0.6) is 0 Å². The van der Waals surface area contributed by atoms with Gasteiger partial charge in [0.25, 0.3) is 0 Å². The van der Waals surface area contributed by atoms with Gasteiger partial charge in [-0.2, -0.15) is 10.2 Å². The van der Waals surface area contributed by atoms with E-state index in [4.69, 9.17) is 0 Å². The molecule has 0 aliphatic heterocycles. The van der Waals surface area contributed by atoms with Crippen LogP contribution in [0.15, 0.2) is 144 Å². The van der Waals surface area contributed by atoms with Crippen LogP contribution in [0.25, 0.3) is 0 Å². The summed E-state index contributed by atoms with van der Waals surface area (Å²) in [6, 6.07) is 37.2. The largest absolute Gasteiger partial charge is 0.269 e. The van der Waals surface area contributed by atoms with E-state index in [0.29, 0.717) is 0 Å². The van der Waals surface area contributed by atoms with Crippen LogP contribution in [0.4, 0.5) is 11.4 Å². The Labute approximate surface area is 236 Å². The second kappa shape index (κ2) is 13.1. The van der Waals surface area contributed by atoms with Crippen molar-refractivity contribution in [2.75, 3.05) is 24.1 Å². The van der Waals surface area contributed by atoms with Crippen molar-refractivity contribution in [3.05, 3.63) is 156 Å². The van der Waals surface area contributed by atoms with E-state index in [-0.39, 0.29) is 0 Å². The second-order valence-corrected chi connectivity index (χ2v) is 9.58. The zero-order chi connectivity index (χ0) is 27.6. The Bertz CT molecular complexity index is 1430. The number of hydrogen-bond acceptors (Lipinski definition) is 4. The maximum absolute atomic E-state index is 4.57. The number of anilines is 2. The van der Waals surface area contributed by atoms with E-state index in [2.05, 4.69) is 92.7 Å². The first kappa shape index (κ1) is 26.5. The summed E-state index contributed by atoms with van der Waals surface area (Å²) in [6.07, 6.45) is 12.2. The highest BCUT2D eigenvalue weighted by Gasteiger charge is 2.12. The second-order valence-electron chi connectivity index (χ2n) is 9.58. The van der Waals surface area contributed by atoms with E-state index in [1.165, 1.54) is 11.1 Å². The Morgan fingerprint density at radius 2 is 0.850 bits per heavy atom. The minimum atomic E-state index is 0.800. The fourth-order valence-corrected chi connectivity index (χ4v) is 4.31. The zero-order valence-corrected chi connectivity index (χ0v) is 23.0. The van der Waals surface area contributed by atoms with Crippen molar-refractivity contribution in [1.29, 1.82) is 0 Å². The molecular weight excluding hydrogens is 492 g/mol. The molecule has 0 aliphatic rings. The summed E-state index contributed by atoms with van der Waals surface area (Å²) in [5, 5.41) is 12.9. The summed E-state index contributed by atoms with van der Waals surface area (Å²) in [5.41, 5.74) is 6.80. The molecule has 3 aromatic carbocycles. The summed E-state index contributed by atoms with van der Waals surface area (Å²) >= 11 is 0. The third-order valence-electron chi connectivity index (χ3n) is 6.68. The summed E-state index contributed by atoms with van der Waals surface area (Å²) < 4.78 is 4.40. The summed E-state index contributed by atoms with van der Waals surface area (Å²) in [7, 11) is 3.91. The van der Waals surface area contributed by atoms with Crippen molar-refractivity contribution < 1.29 is 9.13 Å². The van der Waals surface area contributed by atoms with Crippen LogP contribution in [0.2, 0.25) is 0 Å². The lowest BCUT2D eigenvalue weighted by atomic mass is 10.1. The molecule has 0 unspecified atom stereocenters.